The molecular weight excluding hydrogens is 435 g/mol. The van der Waals surface area contributed by atoms with Gasteiger partial charge in [0, 0.05) is 21.1 Å². The number of aliphatic carboxylic acids is 1. The standard InChI is InChI=1S/C21H18F3NO3S2/c1-12-18(11-29-17-8-3-13(10-19(26)27)9-16(17)28-2)30-20(25-12)14-4-6-15(7-5-14)21(22,23)24/h3-9H,10-11H2,1-2H3,(H,26,27). The number of aromatic nitrogens is 1. The zero-order chi connectivity index (χ0) is 21.9. The van der Waals surface area contributed by atoms with Crippen LogP contribution in [0.2, 0.25) is 0 Å². The second kappa shape index (κ2) is 9.09. The van der Waals surface area contributed by atoms with Gasteiger partial charge in [-0.3, -0.25) is 4.79 Å². The molecule has 3 rings (SSSR count). The zero-order valence-corrected chi connectivity index (χ0v) is 17.7. The topological polar surface area (TPSA) is 59.4 Å². The highest BCUT2D eigenvalue weighted by Gasteiger charge is 2.30. The van der Waals surface area contributed by atoms with E-state index < -0.39 is 17.7 Å². The predicted molar refractivity (Wildman–Crippen MR) is 111 cm³/mol. The number of rotatable bonds is 7. The van der Waals surface area contributed by atoms with Gasteiger partial charge in [-0.2, -0.15) is 13.2 Å². The highest BCUT2D eigenvalue weighted by Crippen LogP contribution is 2.37. The maximum atomic E-state index is 12.7. The van der Waals surface area contributed by atoms with Gasteiger partial charge in [0.1, 0.15) is 10.8 Å². The Hall–Kier alpha value is -2.52. The van der Waals surface area contributed by atoms with Gasteiger partial charge in [-0.25, -0.2) is 4.98 Å². The number of methoxy groups -OCH3 is 1. The van der Waals surface area contributed by atoms with E-state index in [1.807, 2.05) is 13.0 Å². The molecular formula is C21H18F3NO3S2. The van der Waals surface area contributed by atoms with Gasteiger partial charge in [-0.1, -0.05) is 18.2 Å². The van der Waals surface area contributed by atoms with Gasteiger partial charge in [0.05, 0.1) is 24.8 Å². The van der Waals surface area contributed by atoms with E-state index in [0.29, 0.717) is 27.6 Å². The third-order valence-corrected chi connectivity index (χ3v) is 6.76. The molecule has 30 heavy (non-hydrogen) atoms. The van der Waals surface area contributed by atoms with Crippen molar-refractivity contribution in [2.45, 2.75) is 30.2 Å². The Balaban J connectivity index is 1.74. The first-order valence-corrected chi connectivity index (χ1v) is 10.6. The second-order valence-electron chi connectivity index (χ2n) is 6.45. The molecule has 2 aromatic carbocycles. The summed E-state index contributed by atoms with van der Waals surface area (Å²) in [6.07, 6.45) is -4.44. The summed E-state index contributed by atoms with van der Waals surface area (Å²) < 4.78 is 43.6. The summed E-state index contributed by atoms with van der Waals surface area (Å²) >= 11 is 2.97. The second-order valence-corrected chi connectivity index (χ2v) is 8.55. The van der Waals surface area contributed by atoms with Gasteiger partial charge in [-0.15, -0.1) is 23.1 Å². The van der Waals surface area contributed by atoms with Gasteiger partial charge < -0.3 is 9.84 Å². The monoisotopic (exact) mass is 453 g/mol. The Morgan fingerprint density at radius 1 is 1.20 bits per heavy atom. The molecule has 1 aromatic heterocycles. The Bertz CT molecular complexity index is 1050. The van der Waals surface area contributed by atoms with Crippen molar-refractivity contribution in [1.29, 1.82) is 0 Å². The average Bonchev–Trinajstić information content (AvgIpc) is 3.06. The predicted octanol–water partition coefficient (Wildman–Crippen LogP) is 6.07. The van der Waals surface area contributed by atoms with E-state index in [2.05, 4.69) is 4.98 Å². The number of ether oxygens (including phenoxy) is 1. The first-order chi connectivity index (χ1) is 14.2. The summed E-state index contributed by atoms with van der Waals surface area (Å²) in [6.45, 7) is 1.87. The van der Waals surface area contributed by atoms with E-state index in [4.69, 9.17) is 9.84 Å². The van der Waals surface area contributed by atoms with Crippen LogP contribution in [-0.2, 0) is 23.1 Å². The minimum atomic E-state index is -4.36. The molecule has 0 saturated carbocycles. The third kappa shape index (κ3) is 5.34. The van der Waals surface area contributed by atoms with Crippen molar-refractivity contribution in [3.05, 3.63) is 64.2 Å². The Morgan fingerprint density at radius 3 is 2.50 bits per heavy atom. The Labute approximate surface area is 179 Å². The summed E-state index contributed by atoms with van der Waals surface area (Å²) in [5.74, 6) is 0.302. The summed E-state index contributed by atoms with van der Waals surface area (Å²) in [5.41, 5.74) is 1.43. The van der Waals surface area contributed by atoms with E-state index in [9.17, 15) is 18.0 Å². The maximum Gasteiger partial charge on any atom is 0.416 e. The fourth-order valence-corrected chi connectivity index (χ4v) is 4.97. The van der Waals surface area contributed by atoms with Crippen LogP contribution >= 0.6 is 23.1 Å². The molecule has 0 fully saturated rings. The third-order valence-electron chi connectivity index (χ3n) is 4.29. The molecule has 0 spiro atoms. The van der Waals surface area contributed by atoms with E-state index >= 15 is 0 Å². The number of carbonyl (C=O) groups is 1. The molecule has 1 N–H and O–H groups in total. The summed E-state index contributed by atoms with van der Waals surface area (Å²) in [7, 11) is 1.53. The molecule has 0 aliphatic heterocycles. The number of benzene rings is 2. The lowest BCUT2D eigenvalue weighted by Crippen LogP contribution is -2.03. The number of alkyl halides is 3. The molecule has 0 aliphatic rings. The Kier molecular flexibility index (Phi) is 6.72. The molecule has 0 atom stereocenters. The van der Waals surface area contributed by atoms with Crippen LogP contribution in [0, 0.1) is 6.92 Å². The van der Waals surface area contributed by atoms with Crippen molar-refractivity contribution < 1.29 is 27.8 Å². The van der Waals surface area contributed by atoms with Gasteiger partial charge in [0.2, 0.25) is 0 Å². The van der Waals surface area contributed by atoms with Crippen LogP contribution in [0.5, 0.6) is 5.75 Å². The van der Waals surface area contributed by atoms with Gasteiger partial charge in [-0.05, 0) is 36.8 Å². The number of carboxylic acid groups (broad SMARTS) is 1. The number of thiazole rings is 1. The van der Waals surface area contributed by atoms with Crippen molar-refractivity contribution in [2.24, 2.45) is 0 Å². The van der Waals surface area contributed by atoms with Crippen molar-refractivity contribution in [1.82, 2.24) is 4.98 Å². The lowest BCUT2D eigenvalue weighted by molar-refractivity contribution is -0.138. The quantitative estimate of drug-likeness (QED) is 0.440. The van der Waals surface area contributed by atoms with Gasteiger partial charge >= 0.3 is 12.1 Å². The first kappa shape index (κ1) is 22.2. The van der Waals surface area contributed by atoms with Gasteiger partial charge in [0.25, 0.3) is 0 Å². The van der Waals surface area contributed by atoms with Crippen LogP contribution in [-0.4, -0.2) is 23.2 Å². The minimum absolute atomic E-state index is 0.0776. The first-order valence-electron chi connectivity index (χ1n) is 8.83. The average molecular weight is 454 g/mol. The van der Waals surface area contributed by atoms with E-state index in [-0.39, 0.29) is 6.42 Å². The molecule has 0 radical (unpaired) electrons. The molecule has 0 unspecified atom stereocenters. The smallest absolute Gasteiger partial charge is 0.416 e. The van der Waals surface area contributed by atoms with Crippen molar-refractivity contribution >= 4 is 29.1 Å². The molecule has 0 amide bonds. The SMILES string of the molecule is COc1cc(CC(=O)O)ccc1SCc1sc(-c2ccc(C(F)(F)F)cc2)nc1C. The van der Waals surface area contributed by atoms with Crippen molar-refractivity contribution in [3.63, 3.8) is 0 Å². The molecule has 0 saturated heterocycles. The number of carboxylic acids is 1. The summed E-state index contributed by atoms with van der Waals surface area (Å²) in [4.78, 5) is 17.3. The van der Waals surface area contributed by atoms with Crippen LogP contribution < -0.4 is 4.74 Å². The van der Waals surface area contributed by atoms with Crippen LogP contribution in [0.3, 0.4) is 0 Å². The number of aryl methyl sites for hydroxylation is 1. The van der Waals surface area contributed by atoms with Crippen molar-refractivity contribution in [3.8, 4) is 16.3 Å². The summed E-state index contributed by atoms with van der Waals surface area (Å²) in [5, 5.41) is 9.59. The van der Waals surface area contributed by atoms with Crippen molar-refractivity contribution in [2.75, 3.05) is 7.11 Å². The normalized spacial score (nSPS) is 11.5. The Morgan fingerprint density at radius 2 is 1.90 bits per heavy atom. The number of nitrogens with zero attached hydrogens (tertiary/aromatic N) is 1. The highest BCUT2D eigenvalue weighted by atomic mass is 32.2. The highest BCUT2D eigenvalue weighted by molar-refractivity contribution is 7.98. The lowest BCUT2D eigenvalue weighted by Gasteiger charge is -2.09. The molecule has 1 heterocycles. The fraction of sp³-hybridized carbons (Fsp3) is 0.238. The number of hydrogen-bond acceptors (Lipinski definition) is 5. The van der Waals surface area contributed by atoms with Crippen LogP contribution in [0.15, 0.2) is 47.4 Å². The number of halogens is 3. The molecule has 0 aliphatic carbocycles. The maximum absolute atomic E-state index is 12.7. The lowest BCUT2D eigenvalue weighted by atomic mass is 10.1. The molecule has 4 nitrogen and oxygen atoms in total. The van der Waals surface area contributed by atoms with E-state index in [1.165, 1.54) is 42.3 Å². The number of thioether (sulfide) groups is 1. The summed E-state index contributed by atoms with van der Waals surface area (Å²) in [6, 6.07) is 10.3. The minimum Gasteiger partial charge on any atom is -0.496 e. The molecule has 3 aromatic rings. The van der Waals surface area contributed by atoms with Crippen LogP contribution in [0.1, 0.15) is 21.7 Å². The largest absolute Gasteiger partial charge is 0.496 e. The van der Waals surface area contributed by atoms with Gasteiger partial charge in [0.15, 0.2) is 0 Å². The zero-order valence-electron chi connectivity index (χ0n) is 16.1. The number of hydrogen-bond donors (Lipinski definition) is 1. The van der Waals surface area contributed by atoms with Crippen LogP contribution in [0.4, 0.5) is 13.2 Å². The molecule has 9 heteroatoms. The molecule has 158 valence electrons. The van der Waals surface area contributed by atoms with E-state index in [0.717, 1.165) is 27.6 Å². The fourth-order valence-electron chi connectivity index (χ4n) is 2.75. The van der Waals surface area contributed by atoms with E-state index in [1.54, 1.807) is 12.1 Å². The van der Waals surface area contributed by atoms with Crippen LogP contribution in [0.25, 0.3) is 10.6 Å². The molecule has 0 bridgehead atoms.